The summed E-state index contributed by atoms with van der Waals surface area (Å²) in [6, 6.07) is 0.957. The van der Waals surface area contributed by atoms with Crippen LogP contribution in [0.15, 0.2) is 4.99 Å². The van der Waals surface area contributed by atoms with Crippen molar-refractivity contribution in [2.75, 3.05) is 13.6 Å². The van der Waals surface area contributed by atoms with Crippen molar-refractivity contribution in [3.05, 3.63) is 0 Å². The van der Waals surface area contributed by atoms with Crippen molar-refractivity contribution < 1.29 is 4.79 Å². The van der Waals surface area contributed by atoms with E-state index in [0.717, 1.165) is 24.7 Å². The Bertz CT molecular complexity index is 350. The molecule has 0 spiro atoms. The highest BCUT2D eigenvalue weighted by Gasteiger charge is 2.33. The maximum atomic E-state index is 11.9. The minimum Gasteiger partial charge on any atom is -0.356 e. The molecule has 20 heavy (non-hydrogen) atoms. The average molecular weight is 280 g/mol. The summed E-state index contributed by atoms with van der Waals surface area (Å²) in [5.74, 6) is 1.70. The largest absolute Gasteiger partial charge is 0.356 e. The first-order valence-corrected chi connectivity index (χ1v) is 7.95. The number of aliphatic imine (C=N–C) groups is 1. The maximum absolute atomic E-state index is 11.9. The van der Waals surface area contributed by atoms with Crippen LogP contribution >= 0.6 is 0 Å². The van der Waals surface area contributed by atoms with E-state index < -0.39 is 0 Å². The molecule has 2 rings (SSSR count). The number of nitrogens with zero attached hydrogens (tertiary/aromatic N) is 1. The van der Waals surface area contributed by atoms with Gasteiger partial charge in [-0.25, -0.2) is 0 Å². The molecule has 2 aliphatic carbocycles. The molecule has 5 heteroatoms. The van der Waals surface area contributed by atoms with Gasteiger partial charge in [0, 0.05) is 32.1 Å². The van der Waals surface area contributed by atoms with Gasteiger partial charge in [-0.3, -0.25) is 9.79 Å². The van der Waals surface area contributed by atoms with E-state index in [1.165, 1.54) is 25.7 Å². The molecule has 2 fully saturated rings. The highest BCUT2D eigenvalue weighted by molar-refractivity contribution is 5.81. The standard InChI is InChI=1S/C15H28N4O/c1-11-10-13(11)19-15(16-2)17-9-8-14(20)18-12-6-4-3-5-7-12/h11-13H,3-10H2,1-2H3,(H,18,20)(H2,16,17,19). The van der Waals surface area contributed by atoms with E-state index in [1.807, 2.05) is 0 Å². The van der Waals surface area contributed by atoms with E-state index in [0.29, 0.717) is 25.0 Å². The van der Waals surface area contributed by atoms with Crippen molar-refractivity contribution >= 4 is 11.9 Å². The van der Waals surface area contributed by atoms with Crippen LogP contribution in [0.5, 0.6) is 0 Å². The summed E-state index contributed by atoms with van der Waals surface area (Å²) >= 11 is 0. The Hall–Kier alpha value is -1.26. The van der Waals surface area contributed by atoms with Crippen LogP contribution in [0.1, 0.15) is 51.9 Å². The summed E-state index contributed by atoms with van der Waals surface area (Å²) in [6.07, 6.45) is 7.82. The van der Waals surface area contributed by atoms with Gasteiger partial charge in [-0.15, -0.1) is 0 Å². The first-order valence-electron chi connectivity index (χ1n) is 7.95. The lowest BCUT2D eigenvalue weighted by atomic mass is 9.95. The molecule has 114 valence electrons. The number of hydrogen-bond donors (Lipinski definition) is 3. The van der Waals surface area contributed by atoms with Crippen molar-refractivity contribution in [1.82, 2.24) is 16.0 Å². The molecule has 3 N–H and O–H groups in total. The van der Waals surface area contributed by atoms with Crippen molar-refractivity contribution in [3.8, 4) is 0 Å². The van der Waals surface area contributed by atoms with Crippen LogP contribution in [0.25, 0.3) is 0 Å². The first kappa shape index (κ1) is 15.1. The highest BCUT2D eigenvalue weighted by Crippen LogP contribution is 2.28. The lowest BCUT2D eigenvalue weighted by Gasteiger charge is -2.22. The summed E-state index contributed by atoms with van der Waals surface area (Å²) in [6.45, 7) is 2.86. The minimum atomic E-state index is 0.152. The Kier molecular flexibility index (Phi) is 5.68. The molecule has 2 saturated carbocycles. The Balaban J connectivity index is 1.57. The van der Waals surface area contributed by atoms with Crippen molar-refractivity contribution in [3.63, 3.8) is 0 Å². The second-order valence-corrected chi connectivity index (χ2v) is 6.12. The quantitative estimate of drug-likeness (QED) is 0.527. The molecule has 0 aliphatic heterocycles. The van der Waals surface area contributed by atoms with Gasteiger partial charge in [-0.2, -0.15) is 0 Å². The van der Waals surface area contributed by atoms with Gasteiger partial charge in [0.15, 0.2) is 5.96 Å². The van der Waals surface area contributed by atoms with E-state index in [2.05, 4.69) is 27.9 Å². The van der Waals surface area contributed by atoms with Crippen LogP contribution in [0, 0.1) is 5.92 Å². The molecule has 2 unspecified atom stereocenters. The molecule has 5 nitrogen and oxygen atoms in total. The number of hydrogen-bond acceptors (Lipinski definition) is 2. The third-order valence-electron chi connectivity index (χ3n) is 4.27. The number of guanidine groups is 1. The molecule has 0 heterocycles. The van der Waals surface area contributed by atoms with Crippen LogP contribution in [-0.4, -0.2) is 37.5 Å². The summed E-state index contributed by atoms with van der Waals surface area (Å²) in [7, 11) is 1.77. The van der Waals surface area contributed by atoms with Crippen LogP contribution in [0.4, 0.5) is 0 Å². The lowest BCUT2D eigenvalue weighted by Crippen LogP contribution is -2.42. The van der Waals surface area contributed by atoms with Crippen molar-refractivity contribution in [2.24, 2.45) is 10.9 Å². The topological polar surface area (TPSA) is 65.5 Å². The maximum Gasteiger partial charge on any atom is 0.221 e. The molecule has 0 saturated heterocycles. The summed E-state index contributed by atoms with van der Waals surface area (Å²) < 4.78 is 0. The van der Waals surface area contributed by atoms with Gasteiger partial charge in [0.2, 0.25) is 5.91 Å². The fourth-order valence-electron chi connectivity index (χ4n) is 2.73. The van der Waals surface area contributed by atoms with E-state index >= 15 is 0 Å². The van der Waals surface area contributed by atoms with Gasteiger partial charge in [-0.05, 0) is 25.2 Å². The Morgan fingerprint density at radius 1 is 1.20 bits per heavy atom. The zero-order valence-electron chi connectivity index (χ0n) is 12.7. The second kappa shape index (κ2) is 7.50. The number of nitrogens with one attached hydrogen (secondary N) is 3. The Morgan fingerprint density at radius 2 is 1.90 bits per heavy atom. The van der Waals surface area contributed by atoms with Gasteiger partial charge in [0.05, 0.1) is 0 Å². The summed E-state index contributed by atoms with van der Waals surface area (Å²) in [4.78, 5) is 16.0. The number of carbonyl (C=O) groups is 1. The van der Waals surface area contributed by atoms with Gasteiger partial charge in [0.1, 0.15) is 0 Å². The number of amides is 1. The molecule has 2 aliphatic rings. The molecule has 2 atom stereocenters. The molecule has 1 amide bonds. The Morgan fingerprint density at radius 3 is 2.50 bits per heavy atom. The lowest BCUT2D eigenvalue weighted by molar-refractivity contribution is -0.121. The number of rotatable bonds is 5. The van der Waals surface area contributed by atoms with Crippen molar-refractivity contribution in [2.45, 2.75) is 64.0 Å². The van der Waals surface area contributed by atoms with Gasteiger partial charge in [0.25, 0.3) is 0 Å². The first-order chi connectivity index (χ1) is 9.69. The van der Waals surface area contributed by atoms with Gasteiger partial charge >= 0.3 is 0 Å². The van der Waals surface area contributed by atoms with Crippen LogP contribution < -0.4 is 16.0 Å². The molecular formula is C15H28N4O. The van der Waals surface area contributed by atoms with E-state index in [-0.39, 0.29) is 5.91 Å². The average Bonchev–Trinajstić information content (AvgIpc) is 3.14. The zero-order chi connectivity index (χ0) is 14.4. The van der Waals surface area contributed by atoms with Gasteiger partial charge in [-0.1, -0.05) is 26.2 Å². The third-order valence-corrected chi connectivity index (χ3v) is 4.27. The van der Waals surface area contributed by atoms with Crippen molar-refractivity contribution in [1.29, 1.82) is 0 Å². The van der Waals surface area contributed by atoms with Crippen LogP contribution in [0.2, 0.25) is 0 Å². The fraction of sp³-hybridized carbons (Fsp3) is 0.867. The number of carbonyl (C=O) groups excluding carboxylic acids is 1. The summed E-state index contributed by atoms with van der Waals surface area (Å²) in [5.41, 5.74) is 0. The smallest absolute Gasteiger partial charge is 0.221 e. The SMILES string of the molecule is CN=C(NCCC(=O)NC1CCCCC1)NC1CC1C. The predicted octanol–water partition coefficient (Wildman–Crippen LogP) is 1.40. The molecular weight excluding hydrogens is 252 g/mol. The monoisotopic (exact) mass is 280 g/mol. The van der Waals surface area contributed by atoms with Crippen LogP contribution in [0.3, 0.4) is 0 Å². The molecule has 0 aromatic rings. The third kappa shape index (κ3) is 5.02. The van der Waals surface area contributed by atoms with Gasteiger partial charge < -0.3 is 16.0 Å². The van der Waals surface area contributed by atoms with E-state index in [9.17, 15) is 4.79 Å². The minimum absolute atomic E-state index is 0.152. The molecule has 0 radical (unpaired) electrons. The highest BCUT2D eigenvalue weighted by atomic mass is 16.1. The molecule has 0 bridgehead atoms. The van der Waals surface area contributed by atoms with E-state index in [1.54, 1.807) is 7.05 Å². The second-order valence-electron chi connectivity index (χ2n) is 6.12. The molecule has 0 aromatic carbocycles. The Labute approximate surface area is 122 Å². The zero-order valence-corrected chi connectivity index (χ0v) is 12.7. The fourth-order valence-corrected chi connectivity index (χ4v) is 2.73. The van der Waals surface area contributed by atoms with E-state index in [4.69, 9.17) is 0 Å². The molecule has 0 aromatic heterocycles. The normalized spacial score (nSPS) is 27.0. The van der Waals surface area contributed by atoms with Crippen LogP contribution in [-0.2, 0) is 4.79 Å². The predicted molar refractivity (Wildman–Crippen MR) is 81.7 cm³/mol. The summed E-state index contributed by atoms with van der Waals surface area (Å²) in [5, 5.41) is 9.69.